The molecule has 0 aliphatic heterocycles. The third kappa shape index (κ3) is 18.5. The van der Waals surface area contributed by atoms with Gasteiger partial charge in [0.15, 0.2) is 11.9 Å². The van der Waals surface area contributed by atoms with Crippen LogP contribution >= 0.6 is 12.6 Å². The van der Waals surface area contributed by atoms with Crippen LogP contribution in [0.5, 0.6) is 0 Å². The summed E-state index contributed by atoms with van der Waals surface area (Å²) in [6.07, 6.45) is 2.21. The lowest BCUT2D eigenvalue weighted by Crippen LogP contribution is -2.60. The number of carbonyl (C=O) groups excluding carboxylic acids is 6. The Morgan fingerprint density at radius 1 is 0.712 bits per heavy atom. The van der Waals surface area contributed by atoms with Crippen LogP contribution in [0.4, 0.5) is 0 Å². The second-order valence-corrected chi connectivity index (χ2v) is 12.8. The molecule has 20 nitrogen and oxygen atoms in total. The van der Waals surface area contributed by atoms with Crippen LogP contribution in [0.1, 0.15) is 72.6 Å². The summed E-state index contributed by atoms with van der Waals surface area (Å²) < 4.78 is 0. The molecule has 0 aromatic heterocycles. The van der Waals surface area contributed by atoms with Gasteiger partial charge in [-0.1, -0.05) is 40.5 Å². The minimum atomic E-state index is -1.60. The number of carboxylic acid groups (broad SMARTS) is 1. The summed E-state index contributed by atoms with van der Waals surface area (Å²) in [4.78, 5) is 89.6. The van der Waals surface area contributed by atoms with Crippen LogP contribution in [0.2, 0.25) is 0 Å². The zero-order chi connectivity index (χ0) is 40.0. The lowest BCUT2D eigenvalue weighted by Gasteiger charge is -2.29. The monoisotopic (exact) mass is 757 g/mol. The molecular weight excluding hydrogens is 700 g/mol. The van der Waals surface area contributed by atoms with E-state index in [0.717, 1.165) is 0 Å². The van der Waals surface area contributed by atoms with Crippen molar-refractivity contribution in [1.82, 2.24) is 37.2 Å². The standard InChI is InChI=1S/C31H57N12O8S/c1-5-16(3)23(32)28(50)42-21(13-22(45)46)27(49)40-20(10-8-12-38-31(35)36)26(48)43-24(17(4)6-2)29(51)41-19(9-7-11-37-30(33)34)25(47)39-18(14-44)15-52/h16-21,23-24,52H,5-13,15,32H2,1-4H3,(H,39,47)(H,40,49)(H,41,51)(H,42,50)(H,43,48)(H,45,46)(H4,33,34,37)(H4,35,36,38)/t16-,17-,18+,19-,20-,21-,23-,24-/m0/s1. The molecule has 0 bridgehead atoms. The molecule has 0 heterocycles. The number of carboxylic acids is 1. The minimum absolute atomic E-state index is 0.0515. The highest BCUT2D eigenvalue weighted by atomic mass is 32.1. The fourth-order valence-corrected chi connectivity index (χ4v) is 4.80. The van der Waals surface area contributed by atoms with E-state index in [4.69, 9.17) is 28.0 Å². The molecule has 0 aromatic carbocycles. The number of amides is 5. The summed E-state index contributed by atoms with van der Waals surface area (Å²) in [5.41, 5.74) is 16.6. The van der Waals surface area contributed by atoms with E-state index in [-0.39, 0.29) is 62.4 Å². The summed E-state index contributed by atoms with van der Waals surface area (Å²) in [5, 5.41) is 41.8. The molecular formula is C31H57N12O8S. The van der Waals surface area contributed by atoms with Gasteiger partial charge in [-0.05, 0) is 37.5 Å². The zero-order valence-corrected chi connectivity index (χ0v) is 31.1. The first-order chi connectivity index (χ1) is 24.4. The van der Waals surface area contributed by atoms with E-state index in [1.54, 1.807) is 27.1 Å². The molecule has 0 unspecified atom stereocenters. The van der Waals surface area contributed by atoms with Crippen molar-refractivity contribution in [3.05, 3.63) is 0 Å². The fourth-order valence-electron chi connectivity index (χ4n) is 4.63. The Bertz CT molecular complexity index is 1240. The molecule has 0 rings (SSSR count). The van der Waals surface area contributed by atoms with Gasteiger partial charge >= 0.3 is 5.97 Å². The first-order valence-corrected chi connectivity index (χ1v) is 17.7. The number of nitrogens with two attached hydrogens (primary N) is 3. The zero-order valence-electron chi connectivity index (χ0n) is 30.2. The third-order valence-electron chi connectivity index (χ3n) is 8.24. The maximum absolute atomic E-state index is 13.8. The molecule has 0 fully saturated rings. The van der Waals surface area contributed by atoms with E-state index >= 15 is 0 Å². The average Bonchev–Trinajstić information content (AvgIpc) is 3.09. The fraction of sp³-hybridized carbons (Fsp3) is 0.710. The van der Waals surface area contributed by atoms with Gasteiger partial charge in [-0.2, -0.15) is 12.6 Å². The average molecular weight is 758 g/mol. The minimum Gasteiger partial charge on any atom is -0.481 e. The molecule has 0 spiro atoms. The molecule has 0 aromatic rings. The summed E-state index contributed by atoms with van der Waals surface area (Å²) in [6.45, 7) is 7.30. The predicted molar refractivity (Wildman–Crippen MR) is 197 cm³/mol. The van der Waals surface area contributed by atoms with Crippen LogP contribution in [0, 0.1) is 22.7 Å². The Morgan fingerprint density at radius 2 is 1.15 bits per heavy atom. The summed E-state index contributed by atoms with van der Waals surface area (Å²) in [5.74, 6) is -6.89. The first kappa shape index (κ1) is 47.3. The van der Waals surface area contributed by atoms with Crippen molar-refractivity contribution in [1.29, 1.82) is 10.8 Å². The number of hydrogen-bond acceptors (Lipinski definition) is 11. The Kier molecular flexibility index (Phi) is 23.0. The van der Waals surface area contributed by atoms with Crippen molar-refractivity contribution in [2.45, 2.75) is 109 Å². The second kappa shape index (κ2) is 25.3. The highest BCUT2D eigenvalue weighted by molar-refractivity contribution is 7.80. The molecule has 0 aliphatic rings. The van der Waals surface area contributed by atoms with Gasteiger partial charge in [0.05, 0.1) is 12.5 Å². The topological polar surface area (TPSA) is 350 Å². The Morgan fingerprint density at radius 3 is 1.58 bits per heavy atom. The van der Waals surface area contributed by atoms with Gasteiger partial charge in [-0.15, -0.1) is 0 Å². The van der Waals surface area contributed by atoms with Crippen molar-refractivity contribution in [3.63, 3.8) is 0 Å². The number of nitrogens with one attached hydrogen (secondary N) is 9. The second-order valence-electron chi connectivity index (χ2n) is 12.4. The van der Waals surface area contributed by atoms with E-state index in [9.17, 15) is 38.7 Å². The Labute approximate surface area is 309 Å². The molecule has 16 N–H and O–H groups in total. The van der Waals surface area contributed by atoms with Gasteiger partial charge in [0, 0.05) is 18.8 Å². The van der Waals surface area contributed by atoms with Crippen molar-refractivity contribution in [3.8, 4) is 0 Å². The highest BCUT2D eigenvalue weighted by Gasteiger charge is 2.34. The van der Waals surface area contributed by atoms with E-state index in [1.165, 1.54) is 0 Å². The van der Waals surface area contributed by atoms with Gasteiger partial charge in [-0.25, -0.2) is 0 Å². The van der Waals surface area contributed by atoms with Crippen LogP contribution in [-0.2, 0) is 33.6 Å². The lowest BCUT2D eigenvalue weighted by atomic mass is 9.96. The highest BCUT2D eigenvalue weighted by Crippen LogP contribution is 2.12. The lowest BCUT2D eigenvalue weighted by molar-refractivity contribution is -0.141. The number of hydrogen-bond donors (Lipinski definition) is 14. The smallest absolute Gasteiger partial charge is 0.305 e. The van der Waals surface area contributed by atoms with Crippen molar-refractivity contribution >= 4 is 66.3 Å². The van der Waals surface area contributed by atoms with Crippen LogP contribution in [0.3, 0.4) is 0 Å². The number of carbonyl (C=O) groups is 6. The van der Waals surface area contributed by atoms with E-state index in [0.29, 0.717) is 12.8 Å². The normalized spacial score (nSPS) is 15.4. The molecule has 1 radical (unpaired) electrons. The number of rotatable bonds is 26. The van der Waals surface area contributed by atoms with E-state index in [1.807, 2.05) is 6.92 Å². The SMILES string of the molecule is CC[C@H](C)[C@H](N)C(=O)N[C@@H](CC(=O)O)C(=O)N[C@@H](CCCNC(=N)N)C(=O)N[C@H](C(=O)N[C@@H](CCCNC(=N)N)C(=O)N[C@H]([C]=O)CS)[C@@H](C)CC. The first-order valence-electron chi connectivity index (χ1n) is 17.1. The van der Waals surface area contributed by atoms with Gasteiger partial charge in [-0.3, -0.25) is 44.4 Å². The number of aliphatic carboxylic acids is 1. The number of thiol groups is 1. The predicted octanol–water partition coefficient (Wildman–Crippen LogP) is -3.13. The van der Waals surface area contributed by atoms with Crippen LogP contribution < -0.4 is 54.4 Å². The van der Waals surface area contributed by atoms with Crippen LogP contribution in [-0.4, -0.2) is 114 Å². The summed E-state index contributed by atoms with van der Waals surface area (Å²) >= 11 is 4.01. The van der Waals surface area contributed by atoms with Crippen LogP contribution in [0.25, 0.3) is 0 Å². The van der Waals surface area contributed by atoms with Gasteiger partial charge in [0.2, 0.25) is 35.8 Å². The molecule has 0 aliphatic carbocycles. The quantitative estimate of drug-likeness (QED) is 0.0180. The van der Waals surface area contributed by atoms with Crippen molar-refractivity contribution < 1.29 is 38.7 Å². The Balaban J connectivity index is 6.32. The van der Waals surface area contributed by atoms with Gasteiger partial charge in [0.1, 0.15) is 30.2 Å². The number of guanidine groups is 2. The van der Waals surface area contributed by atoms with Crippen molar-refractivity contribution in [2.24, 2.45) is 29.0 Å². The summed E-state index contributed by atoms with van der Waals surface area (Å²) in [7, 11) is 0. The molecule has 52 heavy (non-hydrogen) atoms. The maximum atomic E-state index is 13.8. The van der Waals surface area contributed by atoms with Gasteiger partial charge in [0.25, 0.3) is 0 Å². The molecule has 295 valence electrons. The van der Waals surface area contributed by atoms with E-state index in [2.05, 4.69) is 49.8 Å². The molecule has 0 saturated carbocycles. The third-order valence-corrected chi connectivity index (χ3v) is 8.61. The Hall–Kier alpha value is -4.66. The molecule has 8 atom stereocenters. The molecule has 5 amide bonds. The van der Waals surface area contributed by atoms with Crippen LogP contribution in [0.15, 0.2) is 0 Å². The molecule has 21 heteroatoms. The summed E-state index contributed by atoms with van der Waals surface area (Å²) in [6, 6.07) is -7.46. The van der Waals surface area contributed by atoms with Crippen molar-refractivity contribution in [2.75, 3.05) is 18.8 Å². The van der Waals surface area contributed by atoms with Gasteiger partial charge < -0.3 is 59.5 Å². The van der Waals surface area contributed by atoms with E-state index < -0.39 is 84.1 Å². The maximum Gasteiger partial charge on any atom is 0.305 e. The molecule has 0 saturated heterocycles. The largest absolute Gasteiger partial charge is 0.481 e.